The van der Waals surface area contributed by atoms with Gasteiger partial charge in [0.05, 0.1) is 17.3 Å². The molecule has 5 nitrogen and oxygen atoms in total. The van der Waals surface area contributed by atoms with Gasteiger partial charge in [-0.3, -0.25) is 4.79 Å². The smallest absolute Gasteiger partial charge is 0.230 e. The second-order valence-electron chi connectivity index (χ2n) is 4.64. The zero-order valence-corrected chi connectivity index (χ0v) is 13.9. The molecule has 0 bridgehead atoms. The fourth-order valence-electron chi connectivity index (χ4n) is 1.95. The van der Waals surface area contributed by atoms with Gasteiger partial charge in [0, 0.05) is 21.1 Å². The summed E-state index contributed by atoms with van der Waals surface area (Å²) in [7, 11) is -2.97. The predicted octanol–water partition coefficient (Wildman–Crippen LogP) is 1.43. The summed E-state index contributed by atoms with van der Waals surface area (Å²) >= 11 is 4.69. The Bertz CT molecular complexity index is 619. The van der Waals surface area contributed by atoms with E-state index in [-0.39, 0.29) is 29.2 Å². The van der Waals surface area contributed by atoms with E-state index in [1.165, 1.54) is 11.8 Å². The maximum absolute atomic E-state index is 11.8. The van der Waals surface area contributed by atoms with Gasteiger partial charge in [-0.05, 0) is 24.6 Å². The lowest BCUT2D eigenvalue weighted by Crippen LogP contribution is -2.36. The van der Waals surface area contributed by atoms with Crippen molar-refractivity contribution >= 4 is 49.1 Å². The lowest BCUT2D eigenvalue weighted by molar-refractivity contribution is -0.119. The number of benzene rings is 1. The van der Waals surface area contributed by atoms with Crippen LogP contribution >= 0.6 is 27.7 Å². The molecule has 1 heterocycles. The standard InChI is InChI=1S/C12H15BrN2O3S2/c13-8-1-2-10(14)11(5-8)19-6-12(16)15-9-3-4-20(17,18)7-9/h1-2,5,9H,3-4,6-7,14H2,(H,15,16). The number of nitrogens with one attached hydrogen (secondary N) is 1. The van der Waals surface area contributed by atoms with E-state index in [0.29, 0.717) is 12.1 Å². The normalized spacial score (nSPS) is 20.8. The van der Waals surface area contributed by atoms with Gasteiger partial charge in [0.2, 0.25) is 5.91 Å². The van der Waals surface area contributed by atoms with Crippen LogP contribution in [0.5, 0.6) is 0 Å². The summed E-state index contributed by atoms with van der Waals surface area (Å²) < 4.78 is 23.5. The zero-order valence-electron chi connectivity index (χ0n) is 10.6. The summed E-state index contributed by atoms with van der Waals surface area (Å²) in [5.41, 5.74) is 6.44. The van der Waals surface area contributed by atoms with E-state index in [0.717, 1.165) is 9.37 Å². The number of amides is 1. The average molecular weight is 379 g/mol. The average Bonchev–Trinajstić information content (AvgIpc) is 2.70. The number of hydrogen-bond acceptors (Lipinski definition) is 5. The van der Waals surface area contributed by atoms with Crippen molar-refractivity contribution in [3.63, 3.8) is 0 Å². The van der Waals surface area contributed by atoms with Crippen molar-refractivity contribution in [1.82, 2.24) is 5.32 Å². The molecule has 1 aliphatic rings. The number of halogens is 1. The molecule has 3 N–H and O–H groups in total. The van der Waals surface area contributed by atoms with Crippen LogP contribution in [-0.2, 0) is 14.6 Å². The minimum atomic E-state index is -2.97. The SMILES string of the molecule is Nc1ccc(Br)cc1SCC(=O)NC1CCS(=O)(=O)C1. The Labute approximate surface area is 130 Å². The number of carbonyl (C=O) groups excluding carboxylic acids is 1. The second-order valence-corrected chi connectivity index (χ2v) is 8.80. The van der Waals surface area contributed by atoms with Gasteiger partial charge in [-0.2, -0.15) is 0 Å². The molecule has 0 radical (unpaired) electrons. The molecule has 1 atom stereocenters. The van der Waals surface area contributed by atoms with Crippen LogP contribution in [-0.4, -0.2) is 37.6 Å². The van der Waals surface area contributed by atoms with Gasteiger partial charge in [0.1, 0.15) is 0 Å². The van der Waals surface area contributed by atoms with Crippen LogP contribution in [0.1, 0.15) is 6.42 Å². The Balaban J connectivity index is 1.85. The molecule has 2 rings (SSSR count). The topological polar surface area (TPSA) is 89.3 Å². The summed E-state index contributed by atoms with van der Waals surface area (Å²) in [4.78, 5) is 12.6. The number of nitrogen functional groups attached to an aromatic ring is 1. The molecule has 1 aromatic carbocycles. The maximum Gasteiger partial charge on any atom is 0.230 e. The summed E-state index contributed by atoms with van der Waals surface area (Å²) in [6.45, 7) is 0. The second kappa shape index (κ2) is 6.36. The van der Waals surface area contributed by atoms with E-state index in [1.54, 1.807) is 6.07 Å². The maximum atomic E-state index is 11.8. The van der Waals surface area contributed by atoms with Crippen molar-refractivity contribution < 1.29 is 13.2 Å². The van der Waals surface area contributed by atoms with E-state index in [2.05, 4.69) is 21.2 Å². The monoisotopic (exact) mass is 378 g/mol. The molecular formula is C12H15BrN2O3S2. The van der Waals surface area contributed by atoms with Crippen molar-refractivity contribution in [3.05, 3.63) is 22.7 Å². The first-order valence-corrected chi connectivity index (χ1v) is 9.63. The number of rotatable bonds is 4. The fourth-order valence-corrected chi connectivity index (χ4v) is 4.96. The van der Waals surface area contributed by atoms with Crippen molar-refractivity contribution in [3.8, 4) is 0 Å². The molecule has 8 heteroatoms. The van der Waals surface area contributed by atoms with Crippen LogP contribution < -0.4 is 11.1 Å². The largest absolute Gasteiger partial charge is 0.398 e. The van der Waals surface area contributed by atoms with Crippen LogP contribution in [0, 0.1) is 0 Å². The van der Waals surface area contributed by atoms with Crippen molar-refractivity contribution in [2.75, 3.05) is 23.0 Å². The minimum Gasteiger partial charge on any atom is -0.398 e. The molecular weight excluding hydrogens is 364 g/mol. The lowest BCUT2D eigenvalue weighted by Gasteiger charge is -2.11. The first kappa shape index (κ1) is 15.7. The third kappa shape index (κ3) is 4.39. The molecule has 0 saturated carbocycles. The molecule has 1 aliphatic heterocycles. The Kier molecular flexibility index (Phi) is 4.98. The van der Waals surface area contributed by atoms with Crippen molar-refractivity contribution in [1.29, 1.82) is 0 Å². The quantitative estimate of drug-likeness (QED) is 0.610. The van der Waals surface area contributed by atoms with Gasteiger partial charge in [-0.25, -0.2) is 8.42 Å². The molecule has 20 heavy (non-hydrogen) atoms. The van der Waals surface area contributed by atoms with Crippen LogP contribution in [0.2, 0.25) is 0 Å². The Morgan fingerprint density at radius 1 is 1.50 bits per heavy atom. The van der Waals surface area contributed by atoms with Gasteiger partial charge in [-0.1, -0.05) is 15.9 Å². The molecule has 0 spiro atoms. The van der Waals surface area contributed by atoms with Crippen LogP contribution in [0.4, 0.5) is 5.69 Å². The van der Waals surface area contributed by atoms with Gasteiger partial charge in [-0.15, -0.1) is 11.8 Å². The van der Waals surface area contributed by atoms with Gasteiger partial charge in [0.15, 0.2) is 9.84 Å². The number of carbonyl (C=O) groups is 1. The van der Waals surface area contributed by atoms with Gasteiger partial charge < -0.3 is 11.1 Å². The number of sulfone groups is 1. The van der Waals surface area contributed by atoms with Crippen LogP contribution in [0.15, 0.2) is 27.6 Å². The van der Waals surface area contributed by atoms with Crippen LogP contribution in [0.3, 0.4) is 0 Å². The first-order valence-electron chi connectivity index (χ1n) is 6.03. The summed E-state index contributed by atoms with van der Waals surface area (Å²) in [6.07, 6.45) is 0.498. The third-order valence-corrected chi connectivity index (χ3v) is 6.26. The number of nitrogens with two attached hydrogens (primary N) is 1. The Morgan fingerprint density at radius 2 is 2.25 bits per heavy atom. The van der Waals surface area contributed by atoms with E-state index in [9.17, 15) is 13.2 Å². The lowest BCUT2D eigenvalue weighted by atomic mass is 10.3. The zero-order chi connectivity index (χ0) is 14.8. The summed E-state index contributed by atoms with van der Waals surface area (Å²) in [5, 5.41) is 2.75. The third-order valence-electron chi connectivity index (χ3n) is 2.93. The van der Waals surface area contributed by atoms with Gasteiger partial charge in [0.25, 0.3) is 0 Å². The molecule has 1 amide bonds. The summed E-state index contributed by atoms with van der Waals surface area (Å²) in [5.74, 6) is 0.250. The highest BCUT2D eigenvalue weighted by Gasteiger charge is 2.28. The Morgan fingerprint density at radius 3 is 2.90 bits per heavy atom. The van der Waals surface area contributed by atoms with Gasteiger partial charge >= 0.3 is 0 Å². The number of hydrogen-bond donors (Lipinski definition) is 2. The molecule has 1 fully saturated rings. The molecule has 1 aromatic rings. The van der Waals surface area contributed by atoms with Crippen molar-refractivity contribution in [2.45, 2.75) is 17.4 Å². The fraction of sp³-hybridized carbons (Fsp3) is 0.417. The highest BCUT2D eigenvalue weighted by Crippen LogP contribution is 2.28. The summed E-state index contributed by atoms with van der Waals surface area (Å²) in [6, 6.07) is 5.21. The van der Waals surface area contributed by atoms with E-state index < -0.39 is 9.84 Å². The molecule has 1 unspecified atom stereocenters. The molecule has 1 saturated heterocycles. The number of anilines is 1. The molecule has 110 valence electrons. The van der Waals surface area contributed by atoms with E-state index in [1.807, 2.05) is 12.1 Å². The van der Waals surface area contributed by atoms with E-state index in [4.69, 9.17) is 5.73 Å². The highest BCUT2D eigenvalue weighted by molar-refractivity contribution is 9.10. The highest BCUT2D eigenvalue weighted by atomic mass is 79.9. The number of thioether (sulfide) groups is 1. The minimum absolute atomic E-state index is 0.0441. The Hall–Kier alpha value is -0.730. The first-order chi connectivity index (χ1) is 9.35. The predicted molar refractivity (Wildman–Crippen MR) is 84.5 cm³/mol. The van der Waals surface area contributed by atoms with Crippen molar-refractivity contribution in [2.24, 2.45) is 0 Å². The van der Waals surface area contributed by atoms with E-state index >= 15 is 0 Å². The molecule has 0 aliphatic carbocycles. The molecule has 0 aromatic heterocycles. The van der Waals surface area contributed by atoms with Crippen LogP contribution in [0.25, 0.3) is 0 Å².